The van der Waals surface area contributed by atoms with Gasteiger partial charge in [-0.05, 0) is 75.3 Å². The van der Waals surface area contributed by atoms with Crippen LogP contribution in [0, 0.1) is 12.8 Å². The molecule has 0 amide bonds. The van der Waals surface area contributed by atoms with E-state index in [1.165, 1.54) is 36.8 Å². The van der Waals surface area contributed by atoms with E-state index in [0.717, 1.165) is 17.8 Å². The van der Waals surface area contributed by atoms with E-state index in [2.05, 4.69) is 58.9 Å². The number of fused-ring (bicyclic) bond motifs is 1. The van der Waals surface area contributed by atoms with E-state index < -0.39 is 0 Å². The molecule has 1 aromatic rings. The van der Waals surface area contributed by atoms with Crippen LogP contribution in [0.15, 0.2) is 29.8 Å². The van der Waals surface area contributed by atoms with Crippen molar-refractivity contribution in [3.63, 3.8) is 0 Å². The molecule has 0 spiro atoms. The molecule has 1 aromatic carbocycles. The lowest BCUT2D eigenvalue weighted by molar-refractivity contribution is 0.370. The van der Waals surface area contributed by atoms with Crippen LogP contribution < -0.4 is 0 Å². The van der Waals surface area contributed by atoms with Crippen LogP contribution >= 0.6 is 0 Å². The number of allylic oxidation sites excluding steroid dienone is 2. The van der Waals surface area contributed by atoms with E-state index >= 15 is 0 Å². The summed E-state index contributed by atoms with van der Waals surface area (Å²) in [6.45, 7) is 11.5. The maximum atomic E-state index is 2.45. The summed E-state index contributed by atoms with van der Waals surface area (Å²) < 4.78 is 0. The highest BCUT2D eigenvalue weighted by Crippen LogP contribution is 2.43. The largest absolute Gasteiger partial charge is 0.0859 e. The highest BCUT2D eigenvalue weighted by molar-refractivity contribution is 5.38. The van der Waals surface area contributed by atoms with Gasteiger partial charge in [0.25, 0.3) is 0 Å². The van der Waals surface area contributed by atoms with E-state index in [-0.39, 0.29) is 0 Å². The minimum Gasteiger partial charge on any atom is -0.0859 e. The highest BCUT2D eigenvalue weighted by Gasteiger charge is 2.28. The van der Waals surface area contributed by atoms with Crippen molar-refractivity contribution in [3.05, 3.63) is 46.5 Å². The summed E-state index contributed by atoms with van der Waals surface area (Å²) in [5.41, 5.74) is 6.12. The van der Waals surface area contributed by atoms with Crippen molar-refractivity contribution in [2.24, 2.45) is 5.92 Å². The molecular weight excluding hydrogens is 240 g/mol. The Hall–Kier alpha value is -1.04. The third-order valence-electron chi connectivity index (χ3n) is 4.94. The lowest BCUT2D eigenvalue weighted by Crippen LogP contribution is -2.18. The molecule has 0 aromatic heterocycles. The molecule has 0 N–H and O–H groups in total. The van der Waals surface area contributed by atoms with E-state index in [0.29, 0.717) is 0 Å². The summed E-state index contributed by atoms with van der Waals surface area (Å²) in [4.78, 5) is 0. The van der Waals surface area contributed by atoms with Gasteiger partial charge in [-0.2, -0.15) is 0 Å². The maximum Gasteiger partial charge on any atom is -0.0133 e. The molecule has 0 nitrogen and oxygen atoms in total. The monoisotopic (exact) mass is 270 g/mol. The molecule has 110 valence electrons. The Labute approximate surface area is 125 Å². The van der Waals surface area contributed by atoms with E-state index in [9.17, 15) is 0 Å². The Kier molecular flexibility index (Phi) is 5.07. The van der Waals surface area contributed by atoms with Gasteiger partial charge in [-0.15, -0.1) is 0 Å². The zero-order valence-corrected chi connectivity index (χ0v) is 13.9. The van der Waals surface area contributed by atoms with E-state index in [1.807, 2.05) is 0 Å². The van der Waals surface area contributed by atoms with Crippen molar-refractivity contribution >= 4 is 0 Å². The molecule has 2 unspecified atom stereocenters. The first-order chi connectivity index (χ1) is 9.49. The van der Waals surface area contributed by atoms with Crippen LogP contribution in [0.25, 0.3) is 0 Å². The number of benzene rings is 1. The number of hydrogen-bond donors (Lipinski definition) is 0. The first-order valence-electron chi connectivity index (χ1n) is 8.23. The van der Waals surface area contributed by atoms with Crippen molar-refractivity contribution in [1.29, 1.82) is 0 Å². The molecule has 0 saturated heterocycles. The standard InChI is InChI=1S/C20H30/c1-14(2)7-6-8-16(4)19-12-10-17(5)18-11-9-15(3)13-20(18)19/h7,9,11,13,16-17,19H,6,8,10,12H2,1-5H3/t16-,17?,19?/m0/s1. The van der Waals surface area contributed by atoms with Crippen molar-refractivity contribution in [2.75, 3.05) is 0 Å². The summed E-state index contributed by atoms with van der Waals surface area (Å²) in [5, 5.41) is 0. The molecule has 0 bridgehead atoms. The summed E-state index contributed by atoms with van der Waals surface area (Å²) in [5.74, 6) is 2.30. The Morgan fingerprint density at radius 1 is 1.25 bits per heavy atom. The normalized spacial score (nSPS) is 23.1. The van der Waals surface area contributed by atoms with Gasteiger partial charge in [-0.1, -0.05) is 49.3 Å². The molecule has 0 heteroatoms. The first kappa shape index (κ1) is 15.4. The molecule has 20 heavy (non-hydrogen) atoms. The second-order valence-corrected chi connectivity index (χ2v) is 7.05. The second-order valence-electron chi connectivity index (χ2n) is 7.05. The Bertz CT molecular complexity index is 477. The van der Waals surface area contributed by atoms with Gasteiger partial charge >= 0.3 is 0 Å². The molecule has 0 fully saturated rings. The van der Waals surface area contributed by atoms with Crippen LogP contribution in [0.4, 0.5) is 0 Å². The third-order valence-corrected chi connectivity index (χ3v) is 4.94. The molecule has 1 aliphatic rings. The highest BCUT2D eigenvalue weighted by atomic mass is 14.3. The first-order valence-corrected chi connectivity index (χ1v) is 8.23. The Morgan fingerprint density at radius 2 is 2.00 bits per heavy atom. The fraction of sp³-hybridized carbons (Fsp3) is 0.600. The fourth-order valence-electron chi connectivity index (χ4n) is 3.63. The van der Waals surface area contributed by atoms with Gasteiger partial charge in [0.05, 0.1) is 0 Å². The van der Waals surface area contributed by atoms with Gasteiger partial charge in [0.1, 0.15) is 0 Å². The summed E-state index contributed by atoms with van der Waals surface area (Å²) >= 11 is 0. The molecule has 2 rings (SSSR count). The van der Waals surface area contributed by atoms with Gasteiger partial charge in [0.2, 0.25) is 0 Å². The second kappa shape index (κ2) is 6.61. The Balaban J connectivity index is 2.15. The summed E-state index contributed by atoms with van der Waals surface area (Å²) in [6.07, 6.45) is 7.66. The molecule has 0 saturated carbocycles. The molecule has 0 heterocycles. The van der Waals surface area contributed by atoms with Crippen molar-refractivity contribution < 1.29 is 0 Å². The maximum absolute atomic E-state index is 2.45. The Morgan fingerprint density at radius 3 is 2.70 bits per heavy atom. The van der Waals surface area contributed by atoms with Crippen LogP contribution in [-0.4, -0.2) is 0 Å². The lowest BCUT2D eigenvalue weighted by atomic mass is 9.71. The molecule has 0 aliphatic heterocycles. The average Bonchev–Trinajstić information content (AvgIpc) is 2.38. The third kappa shape index (κ3) is 3.53. The van der Waals surface area contributed by atoms with Crippen LogP contribution in [0.1, 0.15) is 81.9 Å². The van der Waals surface area contributed by atoms with Crippen molar-refractivity contribution in [3.8, 4) is 0 Å². The fourth-order valence-corrected chi connectivity index (χ4v) is 3.63. The SMILES string of the molecule is CC(C)=CCC[C@H](C)C1CCC(C)c2ccc(C)cc21. The van der Waals surface area contributed by atoms with Gasteiger partial charge in [0, 0.05) is 0 Å². The predicted molar refractivity (Wildman–Crippen MR) is 89.4 cm³/mol. The van der Waals surface area contributed by atoms with Gasteiger partial charge in [-0.25, -0.2) is 0 Å². The zero-order chi connectivity index (χ0) is 14.7. The van der Waals surface area contributed by atoms with Gasteiger partial charge in [-0.3, -0.25) is 0 Å². The predicted octanol–water partition coefficient (Wildman–Crippen LogP) is 6.36. The zero-order valence-electron chi connectivity index (χ0n) is 13.9. The minimum atomic E-state index is 0.742. The van der Waals surface area contributed by atoms with Crippen molar-refractivity contribution in [2.45, 2.75) is 72.1 Å². The van der Waals surface area contributed by atoms with Crippen LogP contribution in [-0.2, 0) is 0 Å². The van der Waals surface area contributed by atoms with Gasteiger partial charge in [0.15, 0.2) is 0 Å². The number of rotatable bonds is 4. The summed E-state index contributed by atoms with van der Waals surface area (Å²) in [6, 6.07) is 7.11. The molecule has 1 aliphatic carbocycles. The van der Waals surface area contributed by atoms with E-state index in [4.69, 9.17) is 0 Å². The smallest absolute Gasteiger partial charge is 0.0133 e. The summed E-state index contributed by atoms with van der Waals surface area (Å²) in [7, 11) is 0. The van der Waals surface area contributed by atoms with Crippen LogP contribution in [0.3, 0.4) is 0 Å². The van der Waals surface area contributed by atoms with Gasteiger partial charge < -0.3 is 0 Å². The lowest BCUT2D eigenvalue weighted by Gasteiger charge is -2.34. The quantitative estimate of drug-likeness (QED) is 0.558. The topological polar surface area (TPSA) is 0 Å². The number of aryl methyl sites for hydroxylation is 1. The average molecular weight is 270 g/mol. The van der Waals surface area contributed by atoms with Crippen LogP contribution in [0.2, 0.25) is 0 Å². The molecular formula is C20H30. The van der Waals surface area contributed by atoms with E-state index in [1.54, 1.807) is 11.1 Å². The van der Waals surface area contributed by atoms with Crippen LogP contribution in [0.5, 0.6) is 0 Å². The minimum absolute atomic E-state index is 0.742. The molecule has 3 atom stereocenters. The number of hydrogen-bond acceptors (Lipinski definition) is 0. The molecule has 0 radical (unpaired) electrons. The van der Waals surface area contributed by atoms with Crippen molar-refractivity contribution in [1.82, 2.24) is 0 Å².